The summed E-state index contributed by atoms with van der Waals surface area (Å²) in [4.78, 5) is 0. The standard InChI is InChI=1S/C18H17ClN4O3S/c1-24-14-8-11(9-15(25-2)16(14)26-3)10-20-23-17(21-22-18(23)27)12-4-6-13(19)7-5-12/h4-10H,1-3H3,(H,22,27)/b20-10+. The average molecular weight is 405 g/mol. The van der Waals surface area contributed by atoms with Crippen LogP contribution in [0.25, 0.3) is 11.4 Å². The van der Waals surface area contributed by atoms with E-state index in [1.807, 2.05) is 12.1 Å². The molecular formula is C18H17ClN4O3S. The molecule has 0 aliphatic rings. The van der Waals surface area contributed by atoms with E-state index in [4.69, 9.17) is 38.0 Å². The molecule has 0 radical (unpaired) electrons. The summed E-state index contributed by atoms with van der Waals surface area (Å²) in [6.07, 6.45) is 1.63. The molecule has 0 saturated heterocycles. The molecule has 9 heteroatoms. The van der Waals surface area contributed by atoms with Crippen LogP contribution in [0.1, 0.15) is 5.56 Å². The van der Waals surface area contributed by atoms with Gasteiger partial charge in [0, 0.05) is 16.1 Å². The zero-order valence-corrected chi connectivity index (χ0v) is 16.5. The van der Waals surface area contributed by atoms with Crippen LogP contribution in [0.5, 0.6) is 17.2 Å². The molecule has 0 unspecified atom stereocenters. The molecule has 0 bridgehead atoms. The number of rotatable bonds is 6. The summed E-state index contributed by atoms with van der Waals surface area (Å²) in [5.41, 5.74) is 1.57. The highest BCUT2D eigenvalue weighted by atomic mass is 35.5. The van der Waals surface area contributed by atoms with Gasteiger partial charge in [0.25, 0.3) is 0 Å². The van der Waals surface area contributed by atoms with Gasteiger partial charge in [-0.1, -0.05) is 11.6 Å². The number of H-pyrrole nitrogens is 1. The second-order valence-electron chi connectivity index (χ2n) is 5.37. The van der Waals surface area contributed by atoms with Gasteiger partial charge in [0.2, 0.25) is 10.5 Å². The molecule has 0 atom stereocenters. The van der Waals surface area contributed by atoms with E-state index >= 15 is 0 Å². The van der Waals surface area contributed by atoms with E-state index in [0.717, 1.165) is 11.1 Å². The average Bonchev–Trinajstić information content (AvgIpc) is 3.06. The molecule has 1 heterocycles. The Morgan fingerprint density at radius 3 is 2.26 bits per heavy atom. The molecule has 1 aromatic heterocycles. The van der Waals surface area contributed by atoms with E-state index in [9.17, 15) is 0 Å². The van der Waals surface area contributed by atoms with E-state index in [1.165, 1.54) is 4.68 Å². The minimum absolute atomic E-state index is 0.364. The fourth-order valence-corrected chi connectivity index (χ4v) is 2.79. The number of hydrogen-bond donors (Lipinski definition) is 1. The first-order chi connectivity index (χ1) is 13.1. The molecule has 0 aliphatic carbocycles. The van der Waals surface area contributed by atoms with Crippen molar-refractivity contribution in [2.24, 2.45) is 5.10 Å². The largest absolute Gasteiger partial charge is 0.493 e. The van der Waals surface area contributed by atoms with Crippen LogP contribution in [-0.2, 0) is 0 Å². The first kappa shape index (κ1) is 18.9. The highest BCUT2D eigenvalue weighted by Gasteiger charge is 2.13. The minimum Gasteiger partial charge on any atom is -0.493 e. The number of aromatic nitrogens is 3. The maximum atomic E-state index is 5.95. The fourth-order valence-electron chi connectivity index (χ4n) is 2.48. The Labute approximate surface area is 166 Å². The predicted octanol–water partition coefficient (Wildman–Crippen LogP) is 4.17. The van der Waals surface area contributed by atoms with Gasteiger partial charge in [0.15, 0.2) is 17.3 Å². The van der Waals surface area contributed by atoms with Gasteiger partial charge >= 0.3 is 0 Å². The molecule has 3 aromatic rings. The topological polar surface area (TPSA) is 73.7 Å². The van der Waals surface area contributed by atoms with Gasteiger partial charge in [-0.3, -0.25) is 0 Å². The lowest BCUT2D eigenvalue weighted by Crippen LogP contribution is -1.98. The predicted molar refractivity (Wildman–Crippen MR) is 107 cm³/mol. The van der Waals surface area contributed by atoms with Crippen molar-refractivity contribution in [1.82, 2.24) is 14.9 Å². The number of nitrogens with one attached hydrogen (secondary N) is 1. The third-order valence-electron chi connectivity index (χ3n) is 3.76. The summed E-state index contributed by atoms with van der Waals surface area (Å²) >= 11 is 11.2. The van der Waals surface area contributed by atoms with E-state index in [-0.39, 0.29) is 0 Å². The Balaban J connectivity index is 2.01. The first-order valence-electron chi connectivity index (χ1n) is 7.85. The van der Waals surface area contributed by atoms with Gasteiger partial charge in [-0.15, -0.1) is 0 Å². The Bertz CT molecular complexity index is 1000. The Hall–Kier alpha value is -2.84. The molecule has 0 saturated carbocycles. The van der Waals surface area contributed by atoms with Crippen LogP contribution >= 0.6 is 23.8 Å². The van der Waals surface area contributed by atoms with Crippen molar-refractivity contribution in [3.8, 4) is 28.6 Å². The molecule has 0 spiro atoms. The third-order valence-corrected chi connectivity index (χ3v) is 4.28. The summed E-state index contributed by atoms with van der Waals surface area (Å²) in [5, 5.41) is 12.1. The molecule has 27 heavy (non-hydrogen) atoms. The lowest BCUT2D eigenvalue weighted by Gasteiger charge is -2.12. The van der Waals surface area contributed by atoms with Crippen molar-refractivity contribution in [2.75, 3.05) is 21.3 Å². The van der Waals surface area contributed by atoms with Crippen molar-refractivity contribution in [1.29, 1.82) is 0 Å². The van der Waals surface area contributed by atoms with Crippen LogP contribution in [0.3, 0.4) is 0 Å². The number of aromatic amines is 1. The maximum Gasteiger partial charge on any atom is 0.216 e. The smallest absolute Gasteiger partial charge is 0.216 e. The Kier molecular flexibility index (Phi) is 5.78. The van der Waals surface area contributed by atoms with E-state index in [1.54, 1.807) is 51.8 Å². The highest BCUT2D eigenvalue weighted by Crippen LogP contribution is 2.37. The van der Waals surface area contributed by atoms with Crippen LogP contribution in [0, 0.1) is 4.77 Å². The summed E-state index contributed by atoms with van der Waals surface area (Å²) in [6.45, 7) is 0. The molecule has 140 valence electrons. The number of nitrogens with zero attached hydrogens (tertiary/aromatic N) is 3. The van der Waals surface area contributed by atoms with Crippen LogP contribution in [0.15, 0.2) is 41.5 Å². The summed E-state index contributed by atoms with van der Waals surface area (Å²) in [6, 6.07) is 10.8. The molecule has 2 aromatic carbocycles. The lowest BCUT2D eigenvalue weighted by atomic mass is 10.2. The maximum absolute atomic E-state index is 5.95. The van der Waals surface area contributed by atoms with Gasteiger partial charge in [-0.25, -0.2) is 5.10 Å². The fraction of sp³-hybridized carbons (Fsp3) is 0.167. The van der Waals surface area contributed by atoms with Crippen LogP contribution in [0.2, 0.25) is 5.02 Å². The van der Waals surface area contributed by atoms with E-state index in [0.29, 0.717) is 32.9 Å². The molecule has 1 N–H and O–H groups in total. The van der Waals surface area contributed by atoms with Crippen LogP contribution < -0.4 is 14.2 Å². The zero-order valence-electron chi connectivity index (χ0n) is 14.9. The number of ether oxygens (including phenoxy) is 3. The number of benzene rings is 2. The third kappa shape index (κ3) is 3.96. The van der Waals surface area contributed by atoms with E-state index in [2.05, 4.69) is 15.3 Å². The van der Waals surface area contributed by atoms with Gasteiger partial charge in [-0.2, -0.15) is 14.9 Å². The summed E-state index contributed by atoms with van der Waals surface area (Å²) < 4.78 is 17.9. The van der Waals surface area contributed by atoms with Gasteiger partial charge < -0.3 is 14.2 Å². The SMILES string of the molecule is COc1cc(/C=N/n2c(-c3ccc(Cl)cc3)n[nH]c2=S)cc(OC)c1OC. The summed E-state index contributed by atoms with van der Waals surface area (Å²) in [5.74, 6) is 2.15. The monoisotopic (exact) mass is 404 g/mol. The molecular weight excluding hydrogens is 388 g/mol. The van der Waals surface area contributed by atoms with Gasteiger partial charge in [-0.05, 0) is 48.6 Å². The quantitative estimate of drug-likeness (QED) is 0.493. The van der Waals surface area contributed by atoms with Gasteiger partial charge in [0.05, 0.1) is 27.5 Å². The number of hydrogen-bond acceptors (Lipinski definition) is 6. The summed E-state index contributed by atoms with van der Waals surface area (Å²) in [7, 11) is 4.67. The normalized spacial score (nSPS) is 11.0. The molecule has 0 fully saturated rings. The van der Waals surface area contributed by atoms with Gasteiger partial charge in [0.1, 0.15) is 0 Å². The van der Waals surface area contributed by atoms with Crippen LogP contribution in [0.4, 0.5) is 0 Å². The second kappa shape index (κ2) is 8.24. The number of halogens is 1. The van der Waals surface area contributed by atoms with Crippen molar-refractivity contribution < 1.29 is 14.2 Å². The van der Waals surface area contributed by atoms with Crippen molar-refractivity contribution >= 4 is 30.0 Å². The molecule has 7 nitrogen and oxygen atoms in total. The van der Waals surface area contributed by atoms with Crippen molar-refractivity contribution in [3.05, 3.63) is 51.8 Å². The Morgan fingerprint density at radius 2 is 1.70 bits per heavy atom. The molecule has 0 amide bonds. The molecule has 3 rings (SSSR count). The van der Waals surface area contributed by atoms with Crippen molar-refractivity contribution in [3.63, 3.8) is 0 Å². The lowest BCUT2D eigenvalue weighted by molar-refractivity contribution is 0.324. The first-order valence-corrected chi connectivity index (χ1v) is 8.63. The number of methoxy groups -OCH3 is 3. The van der Waals surface area contributed by atoms with Crippen LogP contribution in [-0.4, -0.2) is 42.4 Å². The minimum atomic E-state index is 0.364. The Morgan fingerprint density at radius 1 is 1.07 bits per heavy atom. The zero-order chi connectivity index (χ0) is 19.4. The second-order valence-corrected chi connectivity index (χ2v) is 6.20. The highest BCUT2D eigenvalue weighted by molar-refractivity contribution is 7.71. The van der Waals surface area contributed by atoms with E-state index < -0.39 is 0 Å². The molecule has 0 aliphatic heterocycles. The van der Waals surface area contributed by atoms with Crippen molar-refractivity contribution in [2.45, 2.75) is 0 Å².